The fraction of sp³-hybridized carbons (Fsp3) is 0.778. The van der Waals surface area contributed by atoms with Crippen molar-refractivity contribution in [3.63, 3.8) is 0 Å². The van der Waals surface area contributed by atoms with E-state index in [2.05, 4.69) is 17.6 Å². The van der Waals surface area contributed by atoms with Gasteiger partial charge in [0.15, 0.2) is 0 Å². The summed E-state index contributed by atoms with van der Waals surface area (Å²) < 4.78 is 29.1. The minimum Gasteiger partial charge on any atom is -0.376 e. The first-order valence-electron chi connectivity index (χ1n) is 5.05. The van der Waals surface area contributed by atoms with Crippen molar-refractivity contribution < 1.29 is 13.0 Å². The van der Waals surface area contributed by atoms with Crippen molar-refractivity contribution in [2.75, 3.05) is 12.3 Å². The fourth-order valence-electron chi connectivity index (χ4n) is 0.936. The van der Waals surface area contributed by atoms with Crippen LogP contribution >= 0.6 is 0 Å². The summed E-state index contributed by atoms with van der Waals surface area (Å²) in [6, 6.07) is 0. The maximum absolute atomic E-state index is 10.3. The molecule has 0 aliphatic carbocycles. The molecule has 0 aliphatic heterocycles. The molecule has 0 radical (unpaired) electrons. The molecule has 0 aromatic carbocycles. The average molecular weight is 236 g/mol. The van der Waals surface area contributed by atoms with Crippen LogP contribution in [0, 0.1) is 0 Å². The van der Waals surface area contributed by atoms with E-state index in [4.69, 9.17) is 4.55 Å². The highest BCUT2D eigenvalue weighted by Gasteiger charge is 1.99. The van der Waals surface area contributed by atoms with E-state index in [0.717, 1.165) is 19.4 Å². The van der Waals surface area contributed by atoms with Gasteiger partial charge in [-0.25, -0.2) is 0 Å². The van der Waals surface area contributed by atoms with E-state index < -0.39 is 10.1 Å². The lowest BCUT2D eigenvalue weighted by molar-refractivity contribution is 0.485. The van der Waals surface area contributed by atoms with Gasteiger partial charge in [-0.15, -0.1) is 0 Å². The Hall–Kier alpha value is -0.590. The van der Waals surface area contributed by atoms with Gasteiger partial charge in [0.25, 0.3) is 10.1 Å². The van der Waals surface area contributed by atoms with E-state index in [-0.39, 0.29) is 11.9 Å². The molecule has 6 heteroatoms. The van der Waals surface area contributed by atoms with E-state index in [1.807, 2.05) is 6.92 Å². The van der Waals surface area contributed by atoms with Crippen LogP contribution in [0.15, 0.2) is 12.3 Å². The second-order valence-corrected chi connectivity index (χ2v) is 4.84. The normalized spacial score (nSPS) is 14.3. The molecule has 90 valence electrons. The summed E-state index contributed by atoms with van der Waals surface area (Å²) in [4.78, 5) is 0. The molecule has 1 unspecified atom stereocenters. The zero-order valence-electron chi connectivity index (χ0n) is 9.23. The third kappa shape index (κ3) is 11.3. The summed E-state index contributed by atoms with van der Waals surface area (Å²) in [5.74, 6) is -0.359. The average Bonchev–Trinajstić information content (AvgIpc) is 2.11. The molecule has 0 rings (SSSR count). The lowest BCUT2D eigenvalue weighted by atomic mass is 10.3. The SMILES string of the molecule is CCCCNC(C)N/C=C/CS(=O)(=O)O. The summed E-state index contributed by atoms with van der Waals surface area (Å²) in [6.07, 6.45) is 5.23. The van der Waals surface area contributed by atoms with Crippen LogP contribution in [0.5, 0.6) is 0 Å². The smallest absolute Gasteiger partial charge is 0.268 e. The highest BCUT2D eigenvalue weighted by Crippen LogP contribution is 1.85. The molecule has 0 aliphatic rings. The second-order valence-electron chi connectivity index (χ2n) is 3.35. The van der Waals surface area contributed by atoms with Crippen molar-refractivity contribution in [3.05, 3.63) is 12.3 Å². The molecule has 5 nitrogen and oxygen atoms in total. The Balaban J connectivity index is 3.57. The van der Waals surface area contributed by atoms with Crippen molar-refractivity contribution in [3.8, 4) is 0 Å². The maximum Gasteiger partial charge on any atom is 0.268 e. The number of hydrogen-bond donors (Lipinski definition) is 3. The fourth-order valence-corrected chi connectivity index (χ4v) is 1.28. The molecule has 0 heterocycles. The quantitative estimate of drug-likeness (QED) is 0.329. The minimum atomic E-state index is -3.89. The van der Waals surface area contributed by atoms with Gasteiger partial charge in [-0.3, -0.25) is 9.87 Å². The van der Waals surface area contributed by atoms with Crippen LogP contribution in [0.3, 0.4) is 0 Å². The number of unbranched alkanes of at least 4 members (excludes halogenated alkanes) is 1. The molecule has 0 spiro atoms. The van der Waals surface area contributed by atoms with Crippen molar-refractivity contribution in [2.24, 2.45) is 0 Å². The zero-order chi connectivity index (χ0) is 11.7. The number of rotatable bonds is 8. The van der Waals surface area contributed by atoms with Crippen molar-refractivity contribution in [2.45, 2.75) is 32.9 Å². The van der Waals surface area contributed by atoms with Gasteiger partial charge in [0.1, 0.15) is 0 Å². The molecule has 3 N–H and O–H groups in total. The van der Waals surface area contributed by atoms with E-state index >= 15 is 0 Å². The van der Waals surface area contributed by atoms with Crippen LogP contribution in [-0.2, 0) is 10.1 Å². The molecule has 0 fully saturated rings. The summed E-state index contributed by atoms with van der Waals surface area (Å²) in [6.45, 7) is 4.98. The van der Waals surface area contributed by atoms with Gasteiger partial charge in [-0.05, 0) is 26.1 Å². The van der Waals surface area contributed by atoms with E-state index in [1.54, 1.807) is 0 Å². The summed E-state index contributed by atoms with van der Waals surface area (Å²) >= 11 is 0. The number of nitrogens with one attached hydrogen (secondary N) is 2. The Labute approximate surface area is 91.7 Å². The first kappa shape index (κ1) is 14.4. The first-order chi connectivity index (χ1) is 6.95. The van der Waals surface area contributed by atoms with Gasteiger partial charge in [-0.2, -0.15) is 8.42 Å². The van der Waals surface area contributed by atoms with Crippen molar-refractivity contribution >= 4 is 10.1 Å². The Morgan fingerprint density at radius 2 is 2.13 bits per heavy atom. The molecule has 1 atom stereocenters. The molecule has 15 heavy (non-hydrogen) atoms. The summed E-state index contributed by atoms with van der Waals surface area (Å²) in [5.41, 5.74) is 0. The number of hydrogen-bond acceptors (Lipinski definition) is 4. The van der Waals surface area contributed by atoms with Gasteiger partial charge in [-0.1, -0.05) is 19.4 Å². The highest BCUT2D eigenvalue weighted by molar-refractivity contribution is 7.85. The highest BCUT2D eigenvalue weighted by atomic mass is 32.2. The molecule has 0 aromatic rings. The Morgan fingerprint density at radius 1 is 1.47 bits per heavy atom. The third-order valence-electron chi connectivity index (χ3n) is 1.75. The van der Waals surface area contributed by atoms with Crippen LogP contribution in [0.1, 0.15) is 26.7 Å². The van der Waals surface area contributed by atoms with Crippen LogP contribution in [0.25, 0.3) is 0 Å². The molecular formula is C9H20N2O3S. The van der Waals surface area contributed by atoms with E-state index in [1.165, 1.54) is 12.3 Å². The van der Waals surface area contributed by atoms with Crippen molar-refractivity contribution in [1.82, 2.24) is 10.6 Å². The molecule has 0 aromatic heterocycles. The second kappa shape index (κ2) is 7.67. The lowest BCUT2D eigenvalue weighted by Gasteiger charge is -2.13. The van der Waals surface area contributed by atoms with Crippen LogP contribution < -0.4 is 10.6 Å². The Morgan fingerprint density at radius 3 is 2.67 bits per heavy atom. The van der Waals surface area contributed by atoms with Gasteiger partial charge in [0.2, 0.25) is 0 Å². The monoisotopic (exact) mass is 236 g/mol. The zero-order valence-corrected chi connectivity index (χ0v) is 10.0. The summed E-state index contributed by atoms with van der Waals surface area (Å²) in [7, 11) is -3.89. The Bertz CT molecular complexity index is 275. The predicted molar refractivity (Wildman–Crippen MR) is 61.1 cm³/mol. The standard InChI is InChI=1S/C9H20N2O3S/c1-3-4-6-10-9(2)11-7-5-8-15(12,13)14/h5,7,9-11H,3-4,6,8H2,1-2H3,(H,12,13,14)/b7-5+. The van der Waals surface area contributed by atoms with Crippen LogP contribution in [0.4, 0.5) is 0 Å². The van der Waals surface area contributed by atoms with E-state index in [0.29, 0.717) is 0 Å². The van der Waals surface area contributed by atoms with Gasteiger partial charge < -0.3 is 5.32 Å². The van der Waals surface area contributed by atoms with Gasteiger partial charge >= 0.3 is 0 Å². The molecule has 0 saturated carbocycles. The molecule has 0 saturated heterocycles. The van der Waals surface area contributed by atoms with Crippen LogP contribution in [-0.4, -0.2) is 31.4 Å². The third-order valence-corrected chi connectivity index (χ3v) is 2.37. The lowest BCUT2D eigenvalue weighted by Crippen LogP contribution is -2.37. The minimum absolute atomic E-state index is 0.0918. The maximum atomic E-state index is 10.3. The molecule has 0 bridgehead atoms. The van der Waals surface area contributed by atoms with Crippen molar-refractivity contribution in [1.29, 1.82) is 0 Å². The van der Waals surface area contributed by atoms with Gasteiger partial charge in [0, 0.05) is 0 Å². The first-order valence-corrected chi connectivity index (χ1v) is 6.66. The van der Waals surface area contributed by atoms with Gasteiger partial charge in [0.05, 0.1) is 11.9 Å². The Kier molecular flexibility index (Phi) is 7.37. The summed E-state index contributed by atoms with van der Waals surface area (Å²) in [5, 5.41) is 6.15. The molecular weight excluding hydrogens is 216 g/mol. The molecule has 0 amide bonds. The van der Waals surface area contributed by atoms with Crippen LogP contribution in [0.2, 0.25) is 0 Å². The predicted octanol–water partition coefficient (Wildman–Crippen LogP) is 0.713. The largest absolute Gasteiger partial charge is 0.376 e. The van der Waals surface area contributed by atoms with E-state index in [9.17, 15) is 8.42 Å². The topological polar surface area (TPSA) is 78.4 Å².